The number of rotatable bonds is 10. The molecule has 1 fully saturated rings. The van der Waals surface area contributed by atoms with E-state index < -0.39 is 40.4 Å². The highest BCUT2D eigenvalue weighted by molar-refractivity contribution is 8.29. The van der Waals surface area contributed by atoms with Gasteiger partial charge in [-0.05, 0) is 64.1 Å². The van der Waals surface area contributed by atoms with Crippen molar-refractivity contribution in [3.05, 3.63) is 47.4 Å². The third kappa shape index (κ3) is 9.02. The zero-order valence-electron chi connectivity index (χ0n) is 32.1. The van der Waals surface area contributed by atoms with Gasteiger partial charge < -0.3 is 19.1 Å². The van der Waals surface area contributed by atoms with Gasteiger partial charge >= 0.3 is 6.09 Å². The van der Waals surface area contributed by atoms with Gasteiger partial charge in [-0.2, -0.15) is 10.4 Å². The van der Waals surface area contributed by atoms with Gasteiger partial charge in [-0.25, -0.2) is 23.5 Å². The molecule has 1 N–H and O–H groups in total. The van der Waals surface area contributed by atoms with E-state index in [4.69, 9.17) is 13.9 Å². The maximum atomic E-state index is 13.6. The second-order valence-corrected chi connectivity index (χ2v) is 20.3. The van der Waals surface area contributed by atoms with Gasteiger partial charge in [0.05, 0.1) is 34.9 Å². The Labute approximate surface area is 308 Å². The summed E-state index contributed by atoms with van der Waals surface area (Å²) >= 11 is 0. The van der Waals surface area contributed by atoms with Crippen LogP contribution in [0.4, 0.5) is 30.9 Å². The normalized spacial score (nSPS) is 19.1. The molecule has 15 heteroatoms. The molecule has 2 aromatic heterocycles. The number of alkyl halides is 2. The quantitative estimate of drug-likeness (QED) is 0.238. The number of benzene rings is 1. The number of piperazine rings is 1. The molecule has 1 unspecified atom stereocenters. The van der Waals surface area contributed by atoms with E-state index in [2.05, 4.69) is 71.6 Å². The van der Waals surface area contributed by atoms with Gasteiger partial charge in [-0.3, -0.25) is 14.5 Å². The fourth-order valence-electron chi connectivity index (χ4n) is 6.02. The lowest BCUT2D eigenvalue weighted by Gasteiger charge is -2.45. The number of halogens is 2. The number of carbonyl (C=O) groups excluding carboxylic acids is 1. The summed E-state index contributed by atoms with van der Waals surface area (Å²) in [5, 5.41) is 18.2. The van der Waals surface area contributed by atoms with Crippen LogP contribution in [-0.2, 0) is 27.4 Å². The third-order valence-corrected chi connectivity index (χ3v) is 13.4. The van der Waals surface area contributed by atoms with E-state index >= 15 is 0 Å². The van der Waals surface area contributed by atoms with Crippen molar-refractivity contribution in [2.75, 3.05) is 69.1 Å². The first kappa shape index (κ1) is 39.4. The Morgan fingerprint density at radius 2 is 1.83 bits per heavy atom. The van der Waals surface area contributed by atoms with E-state index in [1.54, 1.807) is 29.4 Å². The summed E-state index contributed by atoms with van der Waals surface area (Å²) in [6.45, 7) is 18.0. The van der Waals surface area contributed by atoms with Gasteiger partial charge in [0.15, 0.2) is 0 Å². The molecule has 1 atom stereocenters. The standard InChI is InChI=1S/C37H53F2N9O3S/c1-35(2,3)51-34(49)48-23-37(7,24-50-52(9,10)36(4,5)6)27-18-25(17-26(19-40)32(27)48)28-11-12-41-33(42-28)43-29-21-47(22-31(38)39)44-30(29)20-46-15-13-45(8)14-16-46/h11-12,17-18,21,31H,13-16,20,22-24H2,1-10H3,(H,41,42,43). The molecule has 52 heavy (non-hydrogen) atoms. The van der Waals surface area contributed by atoms with Crippen LogP contribution in [0.3, 0.4) is 0 Å². The van der Waals surface area contributed by atoms with Crippen LogP contribution in [0.2, 0.25) is 0 Å². The highest BCUT2D eigenvalue weighted by Gasteiger charge is 2.46. The number of anilines is 3. The number of hydrogen-bond donors (Lipinski definition) is 1. The topological polar surface area (TPSA) is 125 Å². The maximum Gasteiger partial charge on any atom is 0.414 e. The van der Waals surface area contributed by atoms with Crippen molar-refractivity contribution in [2.45, 2.75) is 83.7 Å². The number of fused-ring (bicyclic) bond motifs is 1. The van der Waals surface area contributed by atoms with Crippen LogP contribution < -0.4 is 10.2 Å². The lowest BCUT2D eigenvalue weighted by molar-refractivity contribution is 0.0576. The van der Waals surface area contributed by atoms with E-state index in [0.29, 0.717) is 47.0 Å². The monoisotopic (exact) mass is 741 g/mol. The van der Waals surface area contributed by atoms with Crippen molar-refractivity contribution >= 4 is 33.7 Å². The second-order valence-electron chi connectivity index (χ2n) is 16.3. The highest BCUT2D eigenvalue weighted by atomic mass is 32.3. The SMILES string of the molecule is CN1CCN(Cc2nn(CC(F)F)cc2Nc2nccc(-c3cc(C#N)c4c(c3)C(C)(COS(C)(C)C(C)(C)C)CN4C(=O)OC(C)(C)C)n2)CC1. The van der Waals surface area contributed by atoms with Gasteiger partial charge in [0.25, 0.3) is 6.43 Å². The van der Waals surface area contributed by atoms with Crippen LogP contribution in [0.1, 0.15) is 65.3 Å². The Balaban J connectivity index is 1.51. The molecule has 12 nitrogen and oxygen atoms in total. The summed E-state index contributed by atoms with van der Waals surface area (Å²) < 4.78 is 40.4. The number of ether oxygens (including phenoxy) is 1. The number of nitriles is 1. The fraction of sp³-hybridized carbons (Fsp3) is 0.595. The van der Waals surface area contributed by atoms with Gasteiger partial charge in [0.1, 0.15) is 18.2 Å². The Morgan fingerprint density at radius 1 is 1.13 bits per heavy atom. The number of hydrogen-bond acceptors (Lipinski definition) is 10. The average molecular weight is 742 g/mol. The van der Waals surface area contributed by atoms with Crippen molar-refractivity contribution < 1.29 is 22.5 Å². The Morgan fingerprint density at radius 3 is 2.44 bits per heavy atom. The minimum atomic E-state index is -2.55. The Kier molecular flexibility index (Phi) is 11.3. The molecule has 1 saturated heterocycles. The first-order valence-corrected chi connectivity index (χ1v) is 19.9. The maximum absolute atomic E-state index is 13.6. The number of carbonyl (C=O) groups is 1. The summed E-state index contributed by atoms with van der Waals surface area (Å²) in [5.74, 6) is 0.254. The molecule has 3 aromatic rings. The number of nitrogens with zero attached hydrogens (tertiary/aromatic N) is 8. The number of nitrogens with one attached hydrogen (secondary N) is 1. The lowest BCUT2D eigenvalue weighted by atomic mass is 9.83. The zero-order valence-corrected chi connectivity index (χ0v) is 32.9. The van der Waals surface area contributed by atoms with Crippen LogP contribution in [0, 0.1) is 11.3 Å². The molecule has 1 aromatic carbocycles. The summed E-state index contributed by atoms with van der Waals surface area (Å²) in [7, 11) is 0.567. The summed E-state index contributed by atoms with van der Waals surface area (Å²) in [6, 6.07) is 7.76. The van der Waals surface area contributed by atoms with Gasteiger partial charge in [-0.1, -0.05) is 27.7 Å². The van der Waals surface area contributed by atoms with Crippen LogP contribution in [-0.4, -0.2) is 111 Å². The Bertz CT molecular complexity index is 1810. The molecule has 0 spiro atoms. The molecule has 0 bridgehead atoms. The van der Waals surface area contributed by atoms with Gasteiger partial charge in [0.2, 0.25) is 5.95 Å². The largest absolute Gasteiger partial charge is 0.443 e. The van der Waals surface area contributed by atoms with Crippen molar-refractivity contribution in [3.8, 4) is 17.3 Å². The molecule has 284 valence electrons. The number of amides is 1. The third-order valence-electron chi connectivity index (χ3n) is 9.75. The minimum absolute atomic E-state index is 0.0834. The number of aromatic nitrogens is 4. The van der Waals surface area contributed by atoms with Crippen molar-refractivity contribution in [2.24, 2.45) is 0 Å². The first-order valence-electron chi connectivity index (χ1n) is 17.5. The van der Waals surface area contributed by atoms with Crippen LogP contribution in [0.5, 0.6) is 0 Å². The average Bonchev–Trinajstić information content (AvgIpc) is 3.56. The first-order chi connectivity index (χ1) is 24.2. The summed E-state index contributed by atoms with van der Waals surface area (Å²) in [6.07, 6.45) is 4.36. The van der Waals surface area contributed by atoms with Crippen LogP contribution in [0.15, 0.2) is 30.6 Å². The predicted molar refractivity (Wildman–Crippen MR) is 203 cm³/mol. The lowest BCUT2D eigenvalue weighted by Crippen LogP contribution is -2.44. The molecule has 4 heterocycles. The Hall–Kier alpha value is -3.84. The van der Waals surface area contributed by atoms with Crippen LogP contribution >= 0.6 is 10.3 Å². The van der Waals surface area contributed by atoms with Gasteiger partial charge in [0, 0.05) is 67.4 Å². The van der Waals surface area contributed by atoms with E-state index in [9.17, 15) is 18.8 Å². The second kappa shape index (κ2) is 14.9. The fourth-order valence-corrected chi connectivity index (χ4v) is 6.93. The highest BCUT2D eigenvalue weighted by Crippen LogP contribution is 2.56. The van der Waals surface area contributed by atoms with Crippen molar-refractivity contribution in [3.63, 3.8) is 0 Å². The van der Waals surface area contributed by atoms with Crippen molar-refractivity contribution in [1.29, 1.82) is 5.26 Å². The molecular weight excluding hydrogens is 689 g/mol. The number of likely N-dealkylation sites (N-methyl/N-ethyl adjacent to an activating group) is 1. The molecule has 0 aliphatic carbocycles. The van der Waals surface area contributed by atoms with E-state index in [1.165, 1.54) is 4.68 Å². The van der Waals surface area contributed by atoms with E-state index in [1.807, 2.05) is 33.8 Å². The van der Waals surface area contributed by atoms with E-state index in [0.717, 1.165) is 31.7 Å². The predicted octanol–water partition coefficient (Wildman–Crippen LogP) is 6.77. The summed E-state index contributed by atoms with van der Waals surface area (Å²) in [5.41, 5.74) is 2.56. The smallest absolute Gasteiger partial charge is 0.414 e. The zero-order chi connectivity index (χ0) is 38.2. The van der Waals surface area contributed by atoms with Crippen LogP contribution in [0.25, 0.3) is 11.3 Å². The molecular formula is C37H53F2N9O3S. The molecule has 5 rings (SSSR count). The van der Waals surface area contributed by atoms with E-state index in [-0.39, 0.29) is 17.2 Å². The summed E-state index contributed by atoms with van der Waals surface area (Å²) in [4.78, 5) is 28.9. The molecule has 2 aliphatic rings. The molecule has 0 saturated carbocycles. The minimum Gasteiger partial charge on any atom is -0.443 e. The molecule has 0 radical (unpaired) electrons. The molecule has 2 aliphatic heterocycles. The van der Waals surface area contributed by atoms with Gasteiger partial charge in [-0.15, -0.1) is 10.3 Å². The molecule has 1 amide bonds. The van der Waals surface area contributed by atoms with Crippen molar-refractivity contribution in [1.82, 2.24) is 29.5 Å².